The second kappa shape index (κ2) is 11.3. The fourth-order valence-electron chi connectivity index (χ4n) is 3.93. The van der Waals surface area contributed by atoms with Crippen molar-refractivity contribution < 1.29 is 14.4 Å². The number of amides is 3. The van der Waals surface area contributed by atoms with Crippen LogP contribution < -0.4 is 15.5 Å². The van der Waals surface area contributed by atoms with Gasteiger partial charge in [-0.25, -0.2) is 4.99 Å². The fraction of sp³-hybridized carbons (Fsp3) is 0.172. The molecule has 182 valence electrons. The Balaban J connectivity index is 1.48. The summed E-state index contributed by atoms with van der Waals surface area (Å²) < 4.78 is 0. The van der Waals surface area contributed by atoms with E-state index in [0.717, 1.165) is 16.7 Å². The van der Waals surface area contributed by atoms with Crippen molar-refractivity contribution in [2.45, 2.75) is 25.6 Å². The van der Waals surface area contributed by atoms with E-state index in [9.17, 15) is 14.4 Å². The second-order valence-corrected chi connectivity index (χ2v) is 8.48. The molecule has 3 amide bonds. The highest BCUT2D eigenvalue weighted by molar-refractivity contribution is 6.20. The molecule has 1 heterocycles. The van der Waals surface area contributed by atoms with Gasteiger partial charge in [-0.15, -0.1) is 0 Å². The van der Waals surface area contributed by atoms with Crippen molar-refractivity contribution in [2.75, 3.05) is 11.9 Å². The van der Waals surface area contributed by atoms with Crippen molar-refractivity contribution in [3.63, 3.8) is 0 Å². The van der Waals surface area contributed by atoms with Crippen LogP contribution in [0.5, 0.6) is 0 Å². The molecule has 1 aliphatic heterocycles. The Morgan fingerprint density at radius 1 is 0.972 bits per heavy atom. The zero-order chi connectivity index (χ0) is 25.5. The van der Waals surface area contributed by atoms with E-state index in [-0.39, 0.29) is 18.2 Å². The van der Waals surface area contributed by atoms with Gasteiger partial charge in [0.25, 0.3) is 5.91 Å². The molecule has 0 aromatic heterocycles. The largest absolute Gasteiger partial charge is 0.344 e. The predicted molar refractivity (Wildman–Crippen MR) is 142 cm³/mol. The van der Waals surface area contributed by atoms with Gasteiger partial charge in [0.15, 0.2) is 0 Å². The van der Waals surface area contributed by atoms with E-state index in [4.69, 9.17) is 0 Å². The molecule has 3 aromatic carbocycles. The molecule has 2 N–H and O–H groups in total. The predicted octanol–water partition coefficient (Wildman–Crippen LogP) is 3.55. The highest BCUT2D eigenvalue weighted by atomic mass is 16.2. The van der Waals surface area contributed by atoms with Crippen LogP contribution in [0.3, 0.4) is 0 Å². The van der Waals surface area contributed by atoms with Crippen molar-refractivity contribution >= 4 is 35.2 Å². The molecule has 1 aliphatic rings. The van der Waals surface area contributed by atoms with Crippen molar-refractivity contribution in [1.29, 1.82) is 0 Å². The SMILES string of the molecule is C[C@H](NC(=O)C/C=C/c1ccccc1)C(=O)N[C@H]1N=C(c2ccccc2)c2ccccc2N(C)C1=O. The topological polar surface area (TPSA) is 90.9 Å². The monoisotopic (exact) mass is 480 g/mol. The number of aliphatic imine (C=N–C) groups is 1. The Bertz CT molecular complexity index is 1300. The molecule has 0 radical (unpaired) electrons. The van der Waals surface area contributed by atoms with Crippen LogP contribution in [-0.4, -0.2) is 42.7 Å². The van der Waals surface area contributed by atoms with Crippen LogP contribution in [0.2, 0.25) is 0 Å². The van der Waals surface area contributed by atoms with E-state index in [1.165, 1.54) is 4.90 Å². The quantitative estimate of drug-likeness (QED) is 0.542. The molecule has 0 bridgehead atoms. The third-order valence-corrected chi connectivity index (χ3v) is 5.85. The molecule has 36 heavy (non-hydrogen) atoms. The highest BCUT2D eigenvalue weighted by Gasteiger charge is 2.32. The number of nitrogens with one attached hydrogen (secondary N) is 2. The number of rotatable bonds is 7. The average molecular weight is 481 g/mol. The van der Waals surface area contributed by atoms with Gasteiger partial charge in [0, 0.05) is 24.6 Å². The summed E-state index contributed by atoms with van der Waals surface area (Å²) in [6.07, 6.45) is 2.58. The lowest BCUT2D eigenvalue weighted by molar-refractivity contribution is -0.130. The highest BCUT2D eigenvalue weighted by Crippen LogP contribution is 2.27. The second-order valence-electron chi connectivity index (χ2n) is 8.48. The zero-order valence-corrected chi connectivity index (χ0v) is 20.2. The molecule has 4 rings (SSSR count). The van der Waals surface area contributed by atoms with Gasteiger partial charge >= 0.3 is 0 Å². The molecular weight excluding hydrogens is 452 g/mol. The lowest BCUT2D eigenvalue weighted by atomic mass is 10.0. The summed E-state index contributed by atoms with van der Waals surface area (Å²) in [5.41, 5.74) is 3.92. The molecule has 0 saturated carbocycles. The minimum Gasteiger partial charge on any atom is -0.344 e. The van der Waals surface area contributed by atoms with E-state index in [1.54, 1.807) is 20.0 Å². The fourth-order valence-corrected chi connectivity index (χ4v) is 3.93. The molecule has 0 spiro atoms. The lowest BCUT2D eigenvalue weighted by Crippen LogP contribution is -2.52. The maximum absolute atomic E-state index is 13.2. The first-order valence-electron chi connectivity index (χ1n) is 11.8. The Morgan fingerprint density at radius 2 is 1.61 bits per heavy atom. The zero-order valence-electron chi connectivity index (χ0n) is 20.2. The van der Waals surface area contributed by atoms with Gasteiger partial charge in [-0.2, -0.15) is 0 Å². The van der Waals surface area contributed by atoms with Crippen LogP contribution in [0, 0.1) is 0 Å². The van der Waals surface area contributed by atoms with Crippen molar-refractivity contribution in [1.82, 2.24) is 10.6 Å². The summed E-state index contributed by atoms with van der Waals surface area (Å²) in [6, 6.07) is 25.8. The van der Waals surface area contributed by atoms with Gasteiger partial charge < -0.3 is 15.5 Å². The van der Waals surface area contributed by atoms with Crippen LogP contribution >= 0.6 is 0 Å². The number of para-hydroxylation sites is 1. The Labute approximate surface area is 210 Å². The number of nitrogens with zero attached hydrogens (tertiary/aromatic N) is 2. The van der Waals surface area contributed by atoms with Crippen LogP contribution in [0.1, 0.15) is 30.0 Å². The Hall–Kier alpha value is -4.52. The number of hydrogen-bond acceptors (Lipinski definition) is 4. The third kappa shape index (κ3) is 5.75. The van der Waals surface area contributed by atoms with E-state index in [1.807, 2.05) is 91.0 Å². The number of carbonyl (C=O) groups excluding carboxylic acids is 3. The first kappa shape index (κ1) is 24.6. The summed E-state index contributed by atoms with van der Waals surface area (Å²) in [6.45, 7) is 1.58. The van der Waals surface area contributed by atoms with Crippen LogP contribution in [0.15, 0.2) is 96.0 Å². The molecule has 2 atom stereocenters. The van der Waals surface area contributed by atoms with Crippen molar-refractivity contribution in [3.05, 3.63) is 108 Å². The number of benzene rings is 3. The van der Waals surface area contributed by atoms with Gasteiger partial charge in [0.1, 0.15) is 6.04 Å². The number of likely N-dealkylation sites (N-methyl/N-ethyl adjacent to an activating group) is 1. The Kier molecular flexibility index (Phi) is 7.70. The molecule has 0 unspecified atom stereocenters. The van der Waals surface area contributed by atoms with Gasteiger partial charge in [-0.05, 0) is 18.6 Å². The number of hydrogen-bond donors (Lipinski definition) is 2. The smallest absolute Gasteiger partial charge is 0.272 e. The summed E-state index contributed by atoms with van der Waals surface area (Å²) in [5.74, 6) is -1.16. The summed E-state index contributed by atoms with van der Waals surface area (Å²) in [4.78, 5) is 44.7. The molecule has 0 aliphatic carbocycles. The van der Waals surface area contributed by atoms with E-state index >= 15 is 0 Å². The minimum absolute atomic E-state index is 0.128. The van der Waals surface area contributed by atoms with E-state index in [2.05, 4.69) is 15.6 Å². The van der Waals surface area contributed by atoms with Crippen LogP contribution in [0.25, 0.3) is 6.08 Å². The number of anilines is 1. The number of fused-ring (bicyclic) bond motifs is 1. The van der Waals surface area contributed by atoms with E-state index < -0.39 is 18.1 Å². The maximum atomic E-state index is 13.2. The van der Waals surface area contributed by atoms with Crippen LogP contribution in [0.4, 0.5) is 5.69 Å². The van der Waals surface area contributed by atoms with Crippen molar-refractivity contribution in [2.24, 2.45) is 4.99 Å². The average Bonchev–Trinajstić information content (AvgIpc) is 3.00. The minimum atomic E-state index is -1.14. The molecular formula is C29H28N4O3. The first-order valence-corrected chi connectivity index (χ1v) is 11.8. The summed E-state index contributed by atoms with van der Waals surface area (Å²) in [5, 5.41) is 5.39. The molecule has 7 heteroatoms. The lowest BCUT2D eigenvalue weighted by Gasteiger charge is -2.22. The maximum Gasteiger partial charge on any atom is 0.272 e. The van der Waals surface area contributed by atoms with Gasteiger partial charge in [0.2, 0.25) is 18.0 Å². The van der Waals surface area contributed by atoms with E-state index in [0.29, 0.717) is 11.4 Å². The van der Waals surface area contributed by atoms with Gasteiger partial charge in [-0.3, -0.25) is 14.4 Å². The molecule has 7 nitrogen and oxygen atoms in total. The first-order chi connectivity index (χ1) is 17.4. The normalized spacial score (nSPS) is 16.1. The standard InChI is InChI=1S/C29H28N4O3/c1-20(30-25(34)19-11-14-21-12-5-3-6-13-21)28(35)32-27-29(36)33(2)24-18-10-9-17-23(24)26(31-27)22-15-7-4-8-16-22/h3-18,20,27H,19H2,1-2H3,(H,30,34)(H,32,35)/b14-11+/t20-,27+/m0/s1. The molecule has 3 aromatic rings. The van der Waals surface area contributed by atoms with Gasteiger partial charge in [-0.1, -0.05) is 91.0 Å². The summed E-state index contributed by atoms with van der Waals surface area (Å²) in [7, 11) is 1.66. The number of benzodiazepines with no additional fused rings is 1. The Morgan fingerprint density at radius 3 is 2.33 bits per heavy atom. The van der Waals surface area contributed by atoms with Crippen molar-refractivity contribution in [3.8, 4) is 0 Å². The third-order valence-electron chi connectivity index (χ3n) is 5.85. The summed E-state index contributed by atoms with van der Waals surface area (Å²) >= 11 is 0. The number of carbonyl (C=O) groups is 3. The molecule has 0 saturated heterocycles. The van der Waals surface area contributed by atoms with Crippen LogP contribution in [-0.2, 0) is 14.4 Å². The van der Waals surface area contributed by atoms with Gasteiger partial charge in [0.05, 0.1) is 11.4 Å². The molecule has 0 fully saturated rings.